The zero-order chi connectivity index (χ0) is 19.7. The van der Waals surface area contributed by atoms with Crippen molar-refractivity contribution in [2.24, 2.45) is 28.4 Å². The number of carbonyl (C=O) groups is 3. The van der Waals surface area contributed by atoms with Crippen molar-refractivity contribution < 1.29 is 24.2 Å². The molecule has 0 aromatic rings. The molecule has 0 aliphatic heterocycles. The van der Waals surface area contributed by atoms with Gasteiger partial charge in [0.1, 0.15) is 6.04 Å². The van der Waals surface area contributed by atoms with E-state index in [2.05, 4.69) is 26.1 Å². The van der Waals surface area contributed by atoms with Gasteiger partial charge in [-0.3, -0.25) is 9.59 Å². The number of hydrogen-bond acceptors (Lipinski definition) is 5. The van der Waals surface area contributed by atoms with Gasteiger partial charge in [0.2, 0.25) is 5.91 Å². The van der Waals surface area contributed by atoms with Crippen molar-refractivity contribution in [3.8, 4) is 0 Å². The van der Waals surface area contributed by atoms with Crippen LogP contribution in [0.25, 0.3) is 0 Å². The van der Waals surface area contributed by atoms with E-state index in [1.165, 1.54) is 20.0 Å². The zero-order valence-electron chi connectivity index (χ0n) is 16.0. The average Bonchev–Trinajstić information content (AvgIpc) is 3.02. The minimum Gasteiger partial charge on any atom is -0.481 e. The summed E-state index contributed by atoms with van der Waals surface area (Å²) in [7, 11) is 1.25. The number of ether oxygens (including phenoxy) is 1. The predicted molar refractivity (Wildman–Crippen MR) is 96.0 cm³/mol. The summed E-state index contributed by atoms with van der Waals surface area (Å²) in [5.41, 5.74) is 5.91. The van der Waals surface area contributed by atoms with Crippen molar-refractivity contribution in [1.29, 1.82) is 0 Å². The van der Waals surface area contributed by atoms with E-state index in [0.29, 0.717) is 11.8 Å². The first-order valence-corrected chi connectivity index (χ1v) is 9.05. The summed E-state index contributed by atoms with van der Waals surface area (Å²) < 4.78 is 4.77. The fourth-order valence-electron chi connectivity index (χ4n) is 4.90. The Bertz CT molecular complexity index is 610. The van der Waals surface area contributed by atoms with Crippen LogP contribution in [0, 0.1) is 22.7 Å². The molecule has 2 fully saturated rings. The first-order valence-electron chi connectivity index (χ1n) is 9.05. The third kappa shape index (κ3) is 3.92. The summed E-state index contributed by atoms with van der Waals surface area (Å²) in [6.45, 7) is 6.79. The van der Waals surface area contributed by atoms with Crippen LogP contribution in [-0.2, 0) is 19.1 Å². The molecular formula is C19H30N2O5. The number of hydrogen-bond donors (Lipinski definition) is 3. The van der Waals surface area contributed by atoms with Crippen LogP contribution in [0.3, 0.4) is 0 Å². The quantitative estimate of drug-likeness (QED) is 0.464. The summed E-state index contributed by atoms with van der Waals surface area (Å²) in [4.78, 5) is 34.8. The monoisotopic (exact) mass is 366 g/mol. The summed E-state index contributed by atoms with van der Waals surface area (Å²) >= 11 is 0. The third-order valence-electron chi connectivity index (χ3n) is 6.36. The van der Waals surface area contributed by atoms with Gasteiger partial charge in [0, 0.05) is 0 Å². The van der Waals surface area contributed by atoms with Gasteiger partial charge < -0.3 is 20.9 Å². The van der Waals surface area contributed by atoms with Gasteiger partial charge in [-0.15, -0.1) is 0 Å². The number of fused-ring (bicyclic) bond motifs is 2. The van der Waals surface area contributed by atoms with Gasteiger partial charge in [-0.25, -0.2) is 4.79 Å². The maximum atomic E-state index is 12.1. The van der Waals surface area contributed by atoms with Crippen LogP contribution in [0.5, 0.6) is 0 Å². The predicted octanol–water partition coefficient (Wildman–Crippen LogP) is 1.46. The molecular weight excluding hydrogens is 336 g/mol. The summed E-state index contributed by atoms with van der Waals surface area (Å²) in [6.07, 6.45) is 6.75. The van der Waals surface area contributed by atoms with Gasteiger partial charge in [-0.05, 0) is 41.9 Å². The van der Waals surface area contributed by atoms with Crippen molar-refractivity contribution in [2.45, 2.75) is 58.5 Å². The standard InChI is InChI=1S/C19H30N2O5/c1-18(2)11-7-8-19(3,10-11)14(18)6-5-13(17(25)26-4)21-16(24)12(20)9-15(22)23/h5-6,11-14H,7-10,20H2,1-4H3,(H,21,24)(H,22,23)/t11?,12-,13?,14?,19?/m0/s1. The summed E-state index contributed by atoms with van der Waals surface area (Å²) in [5, 5.41) is 11.2. The van der Waals surface area contributed by atoms with Crippen LogP contribution in [0.4, 0.5) is 0 Å². The Morgan fingerprint density at radius 3 is 2.50 bits per heavy atom. The molecule has 0 heterocycles. The van der Waals surface area contributed by atoms with Crippen LogP contribution in [-0.4, -0.2) is 42.1 Å². The molecule has 0 aromatic carbocycles. The summed E-state index contributed by atoms with van der Waals surface area (Å²) in [5.74, 6) is -1.51. The number of esters is 1. The summed E-state index contributed by atoms with van der Waals surface area (Å²) in [6, 6.07) is -2.20. The van der Waals surface area contributed by atoms with E-state index in [-0.39, 0.29) is 10.8 Å². The maximum Gasteiger partial charge on any atom is 0.332 e. The fourth-order valence-corrected chi connectivity index (χ4v) is 4.90. The lowest BCUT2D eigenvalue weighted by atomic mass is 9.64. The average molecular weight is 366 g/mol. The van der Waals surface area contributed by atoms with Crippen molar-refractivity contribution in [3.63, 3.8) is 0 Å². The second kappa shape index (κ2) is 7.39. The molecule has 0 aromatic heterocycles. The molecule has 2 rings (SSSR count). The molecule has 1 amide bonds. The fraction of sp³-hybridized carbons (Fsp3) is 0.737. The first-order chi connectivity index (χ1) is 12.0. The first kappa shape index (κ1) is 20.4. The number of rotatable bonds is 7. The van der Waals surface area contributed by atoms with Gasteiger partial charge in [0.05, 0.1) is 19.6 Å². The van der Waals surface area contributed by atoms with E-state index in [1.807, 2.05) is 6.08 Å². The minimum atomic E-state index is -1.22. The van der Waals surface area contributed by atoms with E-state index in [0.717, 1.165) is 6.42 Å². The number of nitrogens with two attached hydrogens (primary N) is 1. The second-order valence-electron chi connectivity index (χ2n) is 8.49. The normalized spacial score (nSPS) is 31.6. The molecule has 4 N–H and O–H groups in total. The van der Waals surface area contributed by atoms with Gasteiger partial charge in [-0.2, -0.15) is 0 Å². The van der Waals surface area contributed by atoms with Crippen LogP contribution in [0.2, 0.25) is 0 Å². The molecule has 4 unspecified atom stereocenters. The number of nitrogens with one attached hydrogen (secondary N) is 1. The Morgan fingerprint density at radius 1 is 1.35 bits per heavy atom. The highest BCUT2D eigenvalue weighted by Crippen LogP contribution is 2.66. The van der Waals surface area contributed by atoms with Crippen molar-refractivity contribution in [3.05, 3.63) is 12.2 Å². The molecule has 7 nitrogen and oxygen atoms in total. The van der Waals surface area contributed by atoms with Gasteiger partial charge in [0.15, 0.2) is 0 Å². The molecule has 146 valence electrons. The van der Waals surface area contributed by atoms with Crippen LogP contribution in [0.15, 0.2) is 12.2 Å². The SMILES string of the molecule is COC(=O)C(C=CC1C2(C)CCC(C2)C1(C)C)NC(=O)[C@@H](N)CC(=O)O. The van der Waals surface area contributed by atoms with Gasteiger partial charge >= 0.3 is 11.9 Å². The third-order valence-corrected chi connectivity index (χ3v) is 6.36. The molecule has 2 aliphatic rings. The number of carbonyl (C=O) groups excluding carboxylic acids is 2. The number of amides is 1. The highest BCUT2D eigenvalue weighted by molar-refractivity contribution is 5.90. The number of carboxylic acids is 1. The highest BCUT2D eigenvalue weighted by atomic mass is 16.5. The molecule has 26 heavy (non-hydrogen) atoms. The lowest BCUT2D eigenvalue weighted by Crippen LogP contribution is -2.48. The van der Waals surface area contributed by atoms with Crippen LogP contribution < -0.4 is 11.1 Å². The largest absolute Gasteiger partial charge is 0.481 e. The molecule has 2 saturated carbocycles. The Kier molecular flexibility index (Phi) is 5.80. The smallest absolute Gasteiger partial charge is 0.332 e. The van der Waals surface area contributed by atoms with Crippen molar-refractivity contribution >= 4 is 17.8 Å². The Labute approximate surface area is 154 Å². The number of carboxylic acid groups (broad SMARTS) is 1. The molecule has 2 aliphatic carbocycles. The van der Waals surface area contributed by atoms with Crippen LogP contribution in [0.1, 0.15) is 46.5 Å². The topological polar surface area (TPSA) is 119 Å². The van der Waals surface area contributed by atoms with Gasteiger partial charge in [-0.1, -0.05) is 32.9 Å². The van der Waals surface area contributed by atoms with Crippen molar-refractivity contribution in [2.75, 3.05) is 7.11 Å². The lowest BCUT2D eigenvalue weighted by Gasteiger charge is -2.41. The van der Waals surface area contributed by atoms with Crippen molar-refractivity contribution in [1.82, 2.24) is 5.32 Å². The Morgan fingerprint density at radius 2 is 2.00 bits per heavy atom. The molecule has 0 saturated heterocycles. The lowest BCUT2D eigenvalue weighted by molar-refractivity contribution is -0.144. The second-order valence-corrected chi connectivity index (χ2v) is 8.49. The Balaban J connectivity index is 2.13. The van der Waals surface area contributed by atoms with Gasteiger partial charge in [0.25, 0.3) is 0 Å². The van der Waals surface area contributed by atoms with E-state index < -0.39 is 36.4 Å². The van der Waals surface area contributed by atoms with E-state index in [4.69, 9.17) is 15.6 Å². The zero-order valence-corrected chi connectivity index (χ0v) is 16.0. The van der Waals surface area contributed by atoms with E-state index in [9.17, 15) is 14.4 Å². The molecule has 0 spiro atoms. The molecule has 0 radical (unpaired) electrons. The molecule has 7 heteroatoms. The number of aliphatic carboxylic acids is 1. The Hall–Kier alpha value is -1.89. The van der Waals surface area contributed by atoms with E-state index >= 15 is 0 Å². The van der Waals surface area contributed by atoms with E-state index in [1.54, 1.807) is 6.08 Å². The molecule has 5 atom stereocenters. The van der Waals surface area contributed by atoms with Crippen LogP contribution >= 0.6 is 0 Å². The number of allylic oxidation sites excluding steroid dienone is 1. The molecule has 2 bridgehead atoms. The maximum absolute atomic E-state index is 12.1. The highest BCUT2D eigenvalue weighted by Gasteiger charge is 2.58. The number of methoxy groups -OCH3 is 1. The minimum absolute atomic E-state index is 0.133.